The number of amides is 1. The molecule has 0 bridgehead atoms. The molecule has 0 heterocycles. The van der Waals surface area contributed by atoms with Crippen LogP contribution in [0.15, 0.2) is 24.3 Å². The molecule has 0 saturated carbocycles. The third kappa shape index (κ3) is 31.2. The van der Waals surface area contributed by atoms with Gasteiger partial charge in [0, 0.05) is 6.42 Å². The minimum absolute atomic E-state index is 0.161. The molecule has 0 fully saturated rings. The molecule has 0 aliphatic rings. The number of nitrogens with one attached hydrogen (secondary N) is 1. The quantitative estimate of drug-likeness (QED) is 0.0412. The third-order valence-electron chi connectivity index (χ3n) is 9.03. The molecular weight excluding hydrogens is 558 g/mol. The lowest BCUT2D eigenvalue weighted by Crippen LogP contribution is -2.50. The van der Waals surface area contributed by atoms with Crippen LogP contribution in [0, 0.1) is 0 Å². The lowest BCUT2D eigenvalue weighted by atomic mass is 10.0. The summed E-state index contributed by atoms with van der Waals surface area (Å²) in [7, 11) is 0. The average molecular weight is 636 g/mol. The van der Waals surface area contributed by atoms with Gasteiger partial charge in [0.05, 0.1) is 18.8 Å². The number of carbonyl (C=O) groups is 1. The van der Waals surface area contributed by atoms with Gasteiger partial charge in [0.1, 0.15) is 6.10 Å². The minimum atomic E-state index is -1.16. The van der Waals surface area contributed by atoms with Crippen LogP contribution in [0.4, 0.5) is 0 Å². The number of hydrogen-bond acceptors (Lipinski definition) is 4. The minimum Gasteiger partial charge on any atom is -0.394 e. The van der Waals surface area contributed by atoms with E-state index in [9.17, 15) is 20.1 Å². The summed E-state index contributed by atoms with van der Waals surface area (Å²) in [6.07, 6.45) is 41.6. The maximum Gasteiger partial charge on any atom is 0.220 e. The number of aliphatic hydroxyl groups is 3. The number of carbonyl (C=O) groups excluding carboxylic acids is 1. The zero-order valence-corrected chi connectivity index (χ0v) is 30.0. The fourth-order valence-electron chi connectivity index (χ4n) is 5.92. The largest absolute Gasteiger partial charge is 0.394 e. The number of rotatable bonds is 35. The summed E-state index contributed by atoms with van der Waals surface area (Å²) in [5, 5.41) is 33.2. The summed E-state index contributed by atoms with van der Waals surface area (Å²) >= 11 is 0. The summed E-state index contributed by atoms with van der Waals surface area (Å²) in [6, 6.07) is -0.823. The van der Waals surface area contributed by atoms with E-state index in [-0.39, 0.29) is 12.5 Å². The van der Waals surface area contributed by atoms with Gasteiger partial charge in [-0.1, -0.05) is 154 Å². The van der Waals surface area contributed by atoms with Gasteiger partial charge >= 0.3 is 0 Å². The van der Waals surface area contributed by atoms with Crippen molar-refractivity contribution in [3.63, 3.8) is 0 Å². The fraction of sp³-hybridized carbons (Fsp3) is 0.875. The summed E-state index contributed by atoms with van der Waals surface area (Å²) in [4.78, 5) is 12.3. The Bertz CT molecular complexity index is 665. The monoisotopic (exact) mass is 636 g/mol. The second-order valence-electron chi connectivity index (χ2n) is 13.5. The molecule has 45 heavy (non-hydrogen) atoms. The summed E-state index contributed by atoms with van der Waals surface area (Å²) < 4.78 is 0. The van der Waals surface area contributed by atoms with Gasteiger partial charge in [0.25, 0.3) is 0 Å². The smallest absolute Gasteiger partial charge is 0.220 e. The second kappa shape index (κ2) is 35.7. The van der Waals surface area contributed by atoms with Crippen LogP contribution < -0.4 is 5.32 Å². The highest BCUT2D eigenvalue weighted by molar-refractivity contribution is 5.76. The van der Waals surface area contributed by atoms with Gasteiger partial charge in [-0.15, -0.1) is 0 Å². The second-order valence-corrected chi connectivity index (χ2v) is 13.5. The molecule has 0 aliphatic heterocycles. The van der Waals surface area contributed by atoms with Crippen LogP contribution in [-0.2, 0) is 4.79 Å². The van der Waals surface area contributed by atoms with Crippen molar-refractivity contribution in [2.45, 2.75) is 218 Å². The molecule has 3 atom stereocenters. The predicted molar refractivity (Wildman–Crippen MR) is 195 cm³/mol. The molecule has 0 aromatic heterocycles. The Labute approximate surface area is 280 Å². The van der Waals surface area contributed by atoms with Gasteiger partial charge in [0.15, 0.2) is 0 Å². The van der Waals surface area contributed by atoms with Crippen LogP contribution >= 0.6 is 0 Å². The Morgan fingerprint density at radius 2 is 0.889 bits per heavy atom. The molecule has 1 amide bonds. The van der Waals surface area contributed by atoms with Crippen LogP contribution in [0.25, 0.3) is 0 Å². The van der Waals surface area contributed by atoms with E-state index in [0.29, 0.717) is 12.8 Å². The van der Waals surface area contributed by atoms with Gasteiger partial charge in [-0.3, -0.25) is 4.79 Å². The number of aliphatic hydroxyl groups excluding tert-OH is 3. The lowest BCUT2D eigenvalue weighted by Gasteiger charge is -2.26. The number of hydrogen-bond donors (Lipinski definition) is 4. The van der Waals surface area contributed by atoms with Crippen molar-refractivity contribution in [1.29, 1.82) is 0 Å². The highest BCUT2D eigenvalue weighted by Gasteiger charge is 2.26. The summed E-state index contributed by atoms with van der Waals surface area (Å²) in [5.41, 5.74) is 0. The van der Waals surface area contributed by atoms with Gasteiger partial charge in [-0.05, 0) is 64.2 Å². The van der Waals surface area contributed by atoms with E-state index in [4.69, 9.17) is 0 Å². The fourth-order valence-corrected chi connectivity index (χ4v) is 5.92. The molecule has 0 aromatic rings. The molecule has 0 rings (SSSR count). The van der Waals surface area contributed by atoms with Crippen molar-refractivity contribution in [2.75, 3.05) is 6.61 Å². The third-order valence-corrected chi connectivity index (χ3v) is 9.03. The molecule has 5 heteroatoms. The highest BCUT2D eigenvalue weighted by Crippen LogP contribution is 2.14. The molecule has 5 nitrogen and oxygen atoms in total. The molecular formula is C40H77NO4. The zero-order valence-electron chi connectivity index (χ0n) is 30.0. The first-order chi connectivity index (χ1) is 22.1. The first-order valence-electron chi connectivity index (χ1n) is 19.6. The van der Waals surface area contributed by atoms with E-state index in [0.717, 1.165) is 38.5 Å². The van der Waals surface area contributed by atoms with Gasteiger partial charge < -0.3 is 20.6 Å². The Balaban J connectivity index is 3.59. The van der Waals surface area contributed by atoms with Crippen LogP contribution in [0.3, 0.4) is 0 Å². The topological polar surface area (TPSA) is 89.8 Å². The van der Waals surface area contributed by atoms with Crippen LogP contribution in [0.2, 0.25) is 0 Å². The Morgan fingerprint density at radius 3 is 1.33 bits per heavy atom. The SMILES string of the molecule is CCCCC/C=C/CCCC(O)C(O)C(CO)NC(=O)CCCCCCCCC/C=C\CCCCCCCCCCCCCC. The molecule has 0 spiro atoms. The first-order valence-corrected chi connectivity index (χ1v) is 19.6. The van der Waals surface area contributed by atoms with Crippen molar-refractivity contribution in [2.24, 2.45) is 0 Å². The number of allylic oxidation sites excluding steroid dienone is 4. The van der Waals surface area contributed by atoms with Crippen LogP contribution in [-0.4, -0.2) is 46.1 Å². The molecule has 0 radical (unpaired) electrons. The van der Waals surface area contributed by atoms with Crippen LogP contribution in [0.5, 0.6) is 0 Å². The molecule has 4 N–H and O–H groups in total. The van der Waals surface area contributed by atoms with E-state index in [1.54, 1.807) is 0 Å². The van der Waals surface area contributed by atoms with Crippen molar-refractivity contribution in [3.05, 3.63) is 24.3 Å². The Hall–Kier alpha value is -1.17. The van der Waals surface area contributed by atoms with E-state index in [1.807, 2.05) is 0 Å². The van der Waals surface area contributed by atoms with Crippen molar-refractivity contribution < 1.29 is 20.1 Å². The number of unbranched alkanes of at least 4 members (excludes halogenated alkanes) is 23. The lowest BCUT2D eigenvalue weighted by molar-refractivity contribution is -0.124. The summed E-state index contributed by atoms with van der Waals surface area (Å²) in [5.74, 6) is -0.161. The van der Waals surface area contributed by atoms with Crippen LogP contribution in [0.1, 0.15) is 200 Å². The standard InChI is InChI=1S/C40H77NO4/c1-3-5-7-9-11-13-14-15-16-17-18-19-20-21-22-23-24-25-26-27-29-31-33-35-39(44)41-37(36-42)40(45)38(43)34-32-30-28-12-10-8-6-4-2/h12,21-22,28,37-38,40,42-43,45H,3-11,13-20,23-27,29-36H2,1-2H3,(H,41,44)/b22-21-,28-12+. The van der Waals surface area contributed by atoms with Crippen molar-refractivity contribution in [3.8, 4) is 0 Å². The molecule has 266 valence electrons. The maximum absolute atomic E-state index is 12.3. The summed E-state index contributed by atoms with van der Waals surface area (Å²) in [6.45, 7) is 4.10. The maximum atomic E-state index is 12.3. The van der Waals surface area contributed by atoms with Gasteiger partial charge in [-0.2, -0.15) is 0 Å². The van der Waals surface area contributed by atoms with E-state index >= 15 is 0 Å². The Kier molecular flexibility index (Phi) is 34.8. The zero-order chi connectivity index (χ0) is 33.1. The molecule has 0 aliphatic carbocycles. The van der Waals surface area contributed by atoms with E-state index in [1.165, 1.54) is 135 Å². The van der Waals surface area contributed by atoms with E-state index in [2.05, 4.69) is 43.5 Å². The van der Waals surface area contributed by atoms with Gasteiger partial charge in [0.2, 0.25) is 5.91 Å². The molecule has 0 aromatic carbocycles. The highest BCUT2D eigenvalue weighted by atomic mass is 16.3. The molecule has 3 unspecified atom stereocenters. The van der Waals surface area contributed by atoms with Crippen molar-refractivity contribution >= 4 is 5.91 Å². The average Bonchev–Trinajstić information content (AvgIpc) is 3.04. The molecule has 0 saturated heterocycles. The van der Waals surface area contributed by atoms with Crippen molar-refractivity contribution in [1.82, 2.24) is 5.32 Å². The Morgan fingerprint density at radius 1 is 0.533 bits per heavy atom. The van der Waals surface area contributed by atoms with Gasteiger partial charge in [-0.25, -0.2) is 0 Å². The van der Waals surface area contributed by atoms with E-state index < -0.39 is 18.2 Å². The normalized spacial score (nSPS) is 14.0. The predicted octanol–water partition coefficient (Wildman–Crippen LogP) is 10.7. The first kappa shape index (κ1) is 43.8.